The van der Waals surface area contributed by atoms with Crippen molar-refractivity contribution < 1.29 is 0 Å². The third-order valence-corrected chi connectivity index (χ3v) is 14.8. The van der Waals surface area contributed by atoms with Crippen molar-refractivity contribution >= 4 is 94.5 Å². The van der Waals surface area contributed by atoms with Crippen LogP contribution in [0.15, 0.2) is 182 Å². The van der Waals surface area contributed by atoms with Gasteiger partial charge in [0.05, 0.1) is 11.4 Å². The molecule has 266 valence electrons. The Balaban J connectivity index is 1.16. The van der Waals surface area contributed by atoms with Crippen LogP contribution in [0, 0.1) is 0 Å². The summed E-state index contributed by atoms with van der Waals surface area (Å²) in [5, 5.41) is 7.70. The maximum absolute atomic E-state index is 5.46. The Bertz CT molecular complexity index is 3540. The van der Waals surface area contributed by atoms with Gasteiger partial charge in [0.25, 0.3) is 0 Å². The molecule has 0 saturated heterocycles. The number of benzene rings is 8. The lowest BCUT2D eigenvalue weighted by Crippen LogP contribution is -1.97. The summed E-state index contributed by atoms with van der Waals surface area (Å²) in [6, 6.07) is 65.9. The molecule has 57 heavy (non-hydrogen) atoms. The van der Waals surface area contributed by atoms with E-state index < -0.39 is 0 Å². The van der Waals surface area contributed by atoms with Crippen LogP contribution in [0.1, 0.15) is 0 Å². The van der Waals surface area contributed by atoms with Gasteiger partial charge in [-0.05, 0) is 47.0 Å². The Morgan fingerprint density at radius 2 is 0.737 bits per heavy atom. The molecule has 12 aromatic rings. The van der Waals surface area contributed by atoms with Crippen molar-refractivity contribution in [1.82, 2.24) is 9.97 Å². The Morgan fingerprint density at radius 3 is 1.33 bits per heavy atom. The zero-order valence-corrected chi connectivity index (χ0v) is 32.9. The summed E-state index contributed by atoms with van der Waals surface area (Å²) in [4.78, 5) is 10.8. The first-order chi connectivity index (χ1) is 28.2. The van der Waals surface area contributed by atoms with Crippen LogP contribution in [0.4, 0.5) is 0 Å². The minimum Gasteiger partial charge on any atom is -0.228 e. The molecule has 0 aliphatic rings. The van der Waals surface area contributed by atoms with E-state index in [0.29, 0.717) is 5.82 Å². The van der Waals surface area contributed by atoms with Crippen LogP contribution >= 0.6 is 34.0 Å². The van der Waals surface area contributed by atoms with Gasteiger partial charge in [-0.15, -0.1) is 34.0 Å². The summed E-state index contributed by atoms with van der Waals surface area (Å²) >= 11 is 5.57. The van der Waals surface area contributed by atoms with E-state index in [-0.39, 0.29) is 0 Å². The van der Waals surface area contributed by atoms with Gasteiger partial charge in [0, 0.05) is 82.8 Å². The van der Waals surface area contributed by atoms with Gasteiger partial charge in [-0.2, -0.15) is 0 Å². The highest BCUT2D eigenvalue weighted by Crippen LogP contribution is 2.47. The lowest BCUT2D eigenvalue weighted by molar-refractivity contribution is 1.19. The van der Waals surface area contributed by atoms with Gasteiger partial charge >= 0.3 is 0 Å². The second-order valence-electron chi connectivity index (χ2n) is 14.4. The number of hydrogen-bond acceptors (Lipinski definition) is 5. The average Bonchev–Trinajstić information content (AvgIpc) is 3.98. The second-order valence-corrected chi connectivity index (χ2v) is 17.6. The summed E-state index contributed by atoms with van der Waals surface area (Å²) in [6.07, 6.45) is 0. The fraction of sp³-hybridized carbons (Fsp3) is 0. The van der Waals surface area contributed by atoms with Crippen molar-refractivity contribution in [2.45, 2.75) is 0 Å². The second kappa shape index (κ2) is 13.0. The molecule has 12 rings (SSSR count). The zero-order valence-electron chi connectivity index (χ0n) is 30.4. The number of rotatable bonds is 5. The average molecular weight is 779 g/mol. The molecular weight excluding hydrogens is 749 g/mol. The predicted molar refractivity (Wildman–Crippen MR) is 248 cm³/mol. The first-order valence-corrected chi connectivity index (χ1v) is 21.5. The monoisotopic (exact) mass is 778 g/mol. The van der Waals surface area contributed by atoms with E-state index >= 15 is 0 Å². The zero-order chi connectivity index (χ0) is 37.5. The van der Waals surface area contributed by atoms with E-state index in [1.54, 1.807) is 0 Å². The lowest BCUT2D eigenvalue weighted by Gasteiger charge is -2.16. The van der Waals surface area contributed by atoms with E-state index in [1.165, 1.54) is 77.2 Å². The molecule has 0 radical (unpaired) electrons. The molecule has 4 heterocycles. The molecule has 0 saturated carbocycles. The van der Waals surface area contributed by atoms with Gasteiger partial charge in [0.1, 0.15) is 0 Å². The van der Waals surface area contributed by atoms with Crippen molar-refractivity contribution in [2.24, 2.45) is 0 Å². The first kappa shape index (κ1) is 32.7. The van der Waals surface area contributed by atoms with Gasteiger partial charge in [-0.1, -0.05) is 152 Å². The highest BCUT2D eigenvalue weighted by atomic mass is 32.1. The summed E-state index contributed by atoms with van der Waals surface area (Å²) in [7, 11) is 0. The van der Waals surface area contributed by atoms with Gasteiger partial charge < -0.3 is 0 Å². The molecule has 5 heteroatoms. The largest absolute Gasteiger partial charge is 0.228 e. The number of thiophene rings is 3. The van der Waals surface area contributed by atoms with Gasteiger partial charge in [-0.3, -0.25) is 0 Å². The molecule has 0 fully saturated rings. The molecule has 0 spiro atoms. The Labute approximate surface area is 340 Å². The third kappa shape index (κ3) is 5.28. The molecule has 0 atom stereocenters. The fourth-order valence-electron chi connectivity index (χ4n) is 8.48. The van der Waals surface area contributed by atoms with Crippen LogP contribution in [0.25, 0.3) is 117 Å². The minimum absolute atomic E-state index is 0.712. The van der Waals surface area contributed by atoms with E-state index in [2.05, 4.69) is 176 Å². The van der Waals surface area contributed by atoms with Crippen LogP contribution in [-0.4, -0.2) is 9.97 Å². The molecule has 0 bridgehead atoms. The minimum atomic E-state index is 0.712. The quantitative estimate of drug-likeness (QED) is 0.174. The van der Waals surface area contributed by atoms with Crippen LogP contribution in [0.3, 0.4) is 0 Å². The first-order valence-electron chi connectivity index (χ1n) is 19.1. The molecular formula is C52H30N2S3. The van der Waals surface area contributed by atoms with Gasteiger partial charge in [0.2, 0.25) is 0 Å². The van der Waals surface area contributed by atoms with Crippen molar-refractivity contribution in [2.75, 3.05) is 0 Å². The Morgan fingerprint density at radius 1 is 0.281 bits per heavy atom. The fourth-order valence-corrected chi connectivity index (χ4v) is 12.2. The summed E-state index contributed by atoms with van der Waals surface area (Å²) < 4.78 is 7.70. The SMILES string of the molecule is c1ccc(-c2nc(-c3cc(-c4cccc5c4sc4ccccc45)ccc3-c3cccc4c3sc3ccccc34)cc(-c3cccc4c3sc3ccccc34)n2)cc1. The Hall–Kier alpha value is -6.50. The summed E-state index contributed by atoms with van der Waals surface area (Å²) in [5.41, 5.74) is 9.77. The topological polar surface area (TPSA) is 25.8 Å². The van der Waals surface area contributed by atoms with Crippen molar-refractivity contribution in [1.29, 1.82) is 0 Å². The van der Waals surface area contributed by atoms with E-state index in [4.69, 9.17) is 9.97 Å². The summed E-state index contributed by atoms with van der Waals surface area (Å²) in [6.45, 7) is 0. The lowest BCUT2D eigenvalue weighted by atomic mass is 9.91. The highest BCUT2D eigenvalue weighted by molar-refractivity contribution is 7.27. The van der Waals surface area contributed by atoms with E-state index in [0.717, 1.165) is 33.6 Å². The van der Waals surface area contributed by atoms with Crippen LogP contribution < -0.4 is 0 Å². The number of hydrogen-bond donors (Lipinski definition) is 0. The summed E-state index contributed by atoms with van der Waals surface area (Å²) in [5.74, 6) is 0.712. The number of aromatic nitrogens is 2. The highest BCUT2D eigenvalue weighted by Gasteiger charge is 2.21. The standard InChI is InChI=1S/C52H30N2S3/c1-2-13-31(14-3-1)52-53-44(42-23-12-22-41-37-17-6-9-26-48(37)57-51(41)42)30-45(54-52)43-29-32(33-18-10-20-39-35-15-4-7-24-46(35)55-49(33)39)27-28-34(43)38-19-11-21-40-36-16-5-8-25-47(36)56-50(38)40/h1-30H. The van der Waals surface area contributed by atoms with Gasteiger partial charge in [-0.25, -0.2) is 9.97 Å². The Kier molecular flexibility index (Phi) is 7.48. The number of fused-ring (bicyclic) bond motifs is 9. The molecule has 4 aromatic heterocycles. The third-order valence-electron chi connectivity index (χ3n) is 11.1. The maximum Gasteiger partial charge on any atom is 0.160 e. The van der Waals surface area contributed by atoms with Crippen molar-refractivity contribution in [3.63, 3.8) is 0 Å². The molecule has 0 unspecified atom stereocenters. The molecule has 0 N–H and O–H groups in total. The van der Waals surface area contributed by atoms with Crippen LogP contribution in [0.5, 0.6) is 0 Å². The predicted octanol–water partition coefficient (Wildman–Crippen LogP) is 15.9. The smallest absolute Gasteiger partial charge is 0.160 e. The van der Waals surface area contributed by atoms with Crippen LogP contribution in [-0.2, 0) is 0 Å². The molecule has 0 amide bonds. The maximum atomic E-state index is 5.46. The van der Waals surface area contributed by atoms with E-state index in [9.17, 15) is 0 Å². The molecule has 2 nitrogen and oxygen atoms in total. The molecule has 0 aliphatic carbocycles. The van der Waals surface area contributed by atoms with Crippen molar-refractivity contribution in [3.8, 4) is 56.2 Å². The molecule has 8 aromatic carbocycles. The van der Waals surface area contributed by atoms with Crippen molar-refractivity contribution in [3.05, 3.63) is 182 Å². The van der Waals surface area contributed by atoms with Crippen LogP contribution in [0.2, 0.25) is 0 Å². The molecule has 0 aliphatic heterocycles. The normalized spacial score (nSPS) is 11.9. The van der Waals surface area contributed by atoms with E-state index in [1.807, 2.05) is 40.1 Å². The number of nitrogens with zero attached hydrogens (tertiary/aromatic N) is 2. The van der Waals surface area contributed by atoms with Gasteiger partial charge in [0.15, 0.2) is 5.82 Å².